The van der Waals surface area contributed by atoms with Crippen LogP contribution in [0.2, 0.25) is 0 Å². The molecule has 3 rings (SSSR count). The van der Waals surface area contributed by atoms with Crippen LogP contribution in [0, 0.1) is 0 Å². The van der Waals surface area contributed by atoms with Crippen molar-refractivity contribution in [3.63, 3.8) is 0 Å². The van der Waals surface area contributed by atoms with E-state index in [9.17, 15) is 0 Å². The smallest absolute Gasteiger partial charge is 0.191 e. The van der Waals surface area contributed by atoms with Gasteiger partial charge in [0.25, 0.3) is 0 Å². The van der Waals surface area contributed by atoms with E-state index in [1.807, 2.05) is 0 Å². The van der Waals surface area contributed by atoms with Crippen molar-refractivity contribution in [2.24, 2.45) is 4.99 Å². The van der Waals surface area contributed by atoms with Crippen LogP contribution in [0.4, 0.5) is 5.69 Å². The number of aromatic nitrogens is 1. The number of hydrogen-bond acceptors (Lipinski definition) is 5. The Morgan fingerprint density at radius 3 is 2.61 bits per heavy atom. The van der Waals surface area contributed by atoms with E-state index in [1.54, 1.807) is 11.3 Å². The Morgan fingerprint density at radius 1 is 1.21 bits per heavy atom. The highest BCUT2D eigenvalue weighted by molar-refractivity contribution is 7.09. The number of ether oxygens (including phenoxy) is 1. The minimum atomic E-state index is 0.465. The molecule has 0 spiro atoms. The molecule has 0 unspecified atom stereocenters. The molecular weight excluding hydrogens is 370 g/mol. The molecule has 2 aromatic rings. The topological polar surface area (TPSA) is 61.8 Å². The highest BCUT2D eigenvalue weighted by Gasteiger charge is 2.11. The SMILES string of the molecule is CCNC(=NCc1ccc(N2CCOCC2)cc1)NCc1nc(C(C)C)cs1. The molecule has 7 heteroatoms. The van der Waals surface area contributed by atoms with Crippen molar-refractivity contribution in [2.75, 3.05) is 37.7 Å². The molecule has 1 fully saturated rings. The van der Waals surface area contributed by atoms with Gasteiger partial charge in [0.15, 0.2) is 5.96 Å². The van der Waals surface area contributed by atoms with Crippen LogP contribution in [0.1, 0.15) is 43.0 Å². The van der Waals surface area contributed by atoms with Crippen LogP contribution in [0.15, 0.2) is 34.6 Å². The summed E-state index contributed by atoms with van der Waals surface area (Å²) in [6.45, 7) is 12.1. The van der Waals surface area contributed by atoms with Gasteiger partial charge in [0.05, 0.1) is 32.0 Å². The number of nitrogens with one attached hydrogen (secondary N) is 2. The van der Waals surface area contributed by atoms with E-state index in [-0.39, 0.29) is 0 Å². The number of aliphatic imine (C=N–C) groups is 1. The van der Waals surface area contributed by atoms with Crippen molar-refractivity contribution in [1.29, 1.82) is 0 Å². The second-order valence-corrected chi connectivity index (χ2v) is 8.08. The lowest BCUT2D eigenvalue weighted by atomic mass is 10.2. The molecule has 0 radical (unpaired) electrons. The van der Waals surface area contributed by atoms with Crippen LogP contribution in [0.25, 0.3) is 0 Å². The largest absolute Gasteiger partial charge is 0.378 e. The maximum atomic E-state index is 5.42. The number of hydrogen-bond donors (Lipinski definition) is 2. The molecule has 0 amide bonds. The lowest BCUT2D eigenvalue weighted by Crippen LogP contribution is -2.36. The van der Waals surface area contributed by atoms with Gasteiger partial charge in [-0.3, -0.25) is 0 Å². The Balaban J connectivity index is 1.55. The molecular formula is C21H31N5OS. The Labute approximate surface area is 172 Å². The molecule has 1 aliphatic rings. The molecule has 0 saturated carbocycles. The highest BCUT2D eigenvalue weighted by Crippen LogP contribution is 2.18. The third-order valence-corrected chi connectivity index (χ3v) is 5.51. The summed E-state index contributed by atoms with van der Waals surface area (Å²) in [6, 6.07) is 8.68. The average Bonchev–Trinajstić information content (AvgIpc) is 3.21. The predicted molar refractivity (Wildman–Crippen MR) is 117 cm³/mol. The molecule has 0 bridgehead atoms. The molecule has 2 N–H and O–H groups in total. The van der Waals surface area contributed by atoms with Crippen LogP contribution in [0.3, 0.4) is 0 Å². The highest BCUT2D eigenvalue weighted by atomic mass is 32.1. The van der Waals surface area contributed by atoms with E-state index in [2.05, 4.69) is 70.9 Å². The first-order chi connectivity index (χ1) is 13.7. The van der Waals surface area contributed by atoms with E-state index in [0.29, 0.717) is 19.0 Å². The standard InChI is InChI=1S/C21H31N5OS/c1-4-22-21(24-14-20-25-19(15-28-20)16(2)3)23-13-17-5-7-18(8-6-17)26-9-11-27-12-10-26/h5-8,15-16H,4,9-14H2,1-3H3,(H2,22,23,24). The molecule has 6 nitrogen and oxygen atoms in total. The van der Waals surface area contributed by atoms with Gasteiger partial charge in [-0.05, 0) is 30.5 Å². The zero-order valence-electron chi connectivity index (χ0n) is 17.1. The molecule has 0 aliphatic carbocycles. The number of anilines is 1. The predicted octanol–water partition coefficient (Wildman–Crippen LogP) is 3.36. The third-order valence-electron chi connectivity index (χ3n) is 4.64. The van der Waals surface area contributed by atoms with E-state index in [1.165, 1.54) is 11.3 Å². The van der Waals surface area contributed by atoms with Crippen molar-refractivity contribution in [2.45, 2.75) is 39.8 Å². The first-order valence-corrected chi connectivity index (χ1v) is 10.9. The van der Waals surface area contributed by atoms with Gasteiger partial charge in [-0.1, -0.05) is 26.0 Å². The number of guanidine groups is 1. The fourth-order valence-electron chi connectivity index (χ4n) is 2.98. The second-order valence-electron chi connectivity index (χ2n) is 7.14. The summed E-state index contributed by atoms with van der Waals surface area (Å²) in [5.41, 5.74) is 3.61. The second kappa shape index (κ2) is 10.4. The maximum Gasteiger partial charge on any atom is 0.191 e. The molecule has 1 aliphatic heterocycles. The first kappa shape index (κ1) is 20.6. The number of nitrogens with zero attached hydrogens (tertiary/aromatic N) is 3. The van der Waals surface area contributed by atoms with E-state index >= 15 is 0 Å². The number of benzene rings is 1. The summed E-state index contributed by atoms with van der Waals surface area (Å²) < 4.78 is 5.42. The fraction of sp³-hybridized carbons (Fsp3) is 0.524. The average molecular weight is 402 g/mol. The summed E-state index contributed by atoms with van der Waals surface area (Å²) in [5.74, 6) is 1.29. The molecule has 28 heavy (non-hydrogen) atoms. The molecule has 0 atom stereocenters. The van der Waals surface area contributed by atoms with Crippen molar-refractivity contribution >= 4 is 23.0 Å². The van der Waals surface area contributed by atoms with Crippen LogP contribution in [-0.4, -0.2) is 43.8 Å². The normalized spacial score (nSPS) is 15.1. The number of morpholine rings is 1. The zero-order valence-corrected chi connectivity index (χ0v) is 17.9. The fourth-order valence-corrected chi connectivity index (χ4v) is 3.87. The van der Waals surface area contributed by atoms with Crippen molar-refractivity contribution in [3.05, 3.63) is 45.9 Å². The number of thiazole rings is 1. The van der Waals surface area contributed by atoms with Gasteiger partial charge in [-0.2, -0.15) is 0 Å². The molecule has 2 heterocycles. The van der Waals surface area contributed by atoms with E-state index < -0.39 is 0 Å². The molecule has 1 aromatic heterocycles. The van der Waals surface area contributed by atoms with E-state index in [4.69, 9.17) is 9.73 Å². The van der Waals surface area contributed by atoms with Gasteiger partial charge in [0.2, 0.25) is 0 Å². The zero-order chi connectivity index (χ0) is 19.8. The molecule has 152 valence electrons. The van der Waals surface area contributed by atoms with Crippen LogP contribution < -0.4 is 15.5 Å². The lowest BCUT2D eigenvalue weighted by molar-refractivity contribution is 0.122. The van der Waals surface area contributed by atoms with Crippen LogP contribution in [0.5, 0.6) is 0 Å². The summed E-state index contributed by atoms with van der Waals surface area (Å²) >= 11 is 1.70. The summed E-state index contributed by atoms with van der Waals surface area (Å²) in [4.78, 5) is 11.8. The van der Waals surface area contributed by atoms with Crippen LogP contribution in [-0.2, 0) is 17.8 Å². The quantitative estimate of drug-likeness (QED) is 0.550. The van der Waals surface area contributed by atoms with Gasteiger partial charge in [-0.25, -0.2) is 9.98 Å². The lowest BCUT2D eigenvalue weighted by Gasteiger charge is -2.28. The van der Waals surface area contributed by atoms with Gasteiger partial charge in [-0.15, -0.1) is 11.3 Å². The Morgan fingerprint density at radius 2 is 1.96 bits per heavy atom. The van der Waals surface area contributed by atoms with Gasteiger partial charge >= 0.3 is 0 Å². The van der Waals surface area contributed by atoms with E-state index in [0.717, 1.165) is 49.5 Å². The van der Waals surface area contributed by atoms with Crippen molar-refractivity contribution in [3.8, 4) is 0 Å². The summed E-state index contributed by atoms with van der Waals surface area (Å²) in [6.07, 6.45) is 0. The summed E-state index contributed by atoms with van der Waals surface area (Å²) in [5, 5.41) is 9.92. The monoisotopic (exact) mass is 401 g/mol. The molecule has 1 saturated heterocycles. The summed E-state index contributed by atoms with van der Waals surface area (Å²) in [7, 11) is 0. The van der Waals surface area contributed by atoms with Crippen molar-refractivity contribution < 1.29 is 4.74 Å². The minimum Gasteiger partial charge on any atom is -0.378 e. The van der Waals surface area contributed by atoms with Crippen molar-refractivity contribution in [1.82, 2.24) is 15.6 Å². The Hall–Kier alpha value is -2.12. The first-order valence-electron chi connectivity index (χ1n) is 10.0. The Bertz CT molecular complexity index is 750. The molecule has 1 aromatic carbocycles. The van der Waals surface area contributed by atoms with Gasteiger partial charge < -0.3 is 20.3 Å². The Kier molecular flexibility index (Phi) is 7.68. The van der Waals surface area contributed by atoms with Crippen LogP contribution >= 0.6 is 11.3 Å². The van der Waals surface area contributed by atoms with Gasteiger partial charge in [0, 0.05) is 30.7 Å². The maximum absolute atomic E-state index is 5.42. The third kappa shape index (κ3) is 5.94. The van der Waals surface area contributed by atoms with Gasteiger partial charge in [0.1, 0.15) is 5.01 Å². The minimum absolute atomic E-state index is 0.465. The number of rotatable bonds is 7.